The number of hydrogen-bond donors (Lipinski definition) is 1. The maximum absolute atomic E-state index is 11.4. The van der Waals surface area contributed by atoms with Crippen molar-refractivity contribution in [3.8, 4) is 11.6 Å². The largest absolute Gasteiger partial charge is 0.477 e. The summed E-state index contributed by atoms with van der Waals surface area (Å²) in [6.07, 6.45) is 3.10. The molecule has 0 atom stereocenters. The number of benzene rings is 1. The highest BCUT2D eigenvalue weighted by atomic mass is 79.9. The van der Waals surface area contributed by atoms with Gasteiger partial charge >= 0.3 is 5.97 Å². The Hall–Kier alpha value is -2.47. The van der Waals surface area contributed by atoms with Crippen LogP contribution in [0.4, 0.5) is 0 Å². The van der Waals surface area contributed by atoms with Gasteiger partial charge in [-0.3, -0.25) is 4.98 Å². The van der Waals surface area contributed by atoms with Gasteiger partial charge in [0.1, 0.15) is 11.3 Å². The van der Waals surface area contributed by atoms with Crippen molar-refractivity contribution >= 4 is 32.8 Å². The normalized spacial score (nSPS) is 10.5. The average Bonchev–Trinajstić information content (AvgIpc) is 2.46. The molecule has 0 aliphatic rings. The third kappa shape index (κ3) is 2.85. The van der Waals surface area contributed by atoms with Gasteiger partial charge in [-0.1, -0.05) is 18.2 Å². The van der Waals surface area contributed by atoms with Gasteiger partial charge in [0.25, 0.3) is 0 Å². The standard InChI is InChI=1S/C15H9BrN2O3/c16-10-6-11(8-17-7-10)21-14-12(15(19)20)5-9-3-1-2-4-13(9)18-14/h1-8H,(H,19,20). The second kappa shape index (κ2) is 5.49. The van der Waals surface area contributed by atoms with Crippen LogP contribution in [0.15, 0.2) is 53.3 Å². The lowest BCUT2D eigenvalue weighted by Gasteiger charge is -2.09. The lowest BCUT2D eigenvalue weighted by Crippen LogP contribution is -2.02. The van der Waals surface area contributed by atoms with Gasteiger partial charge in [-0.05, 0) is 34.1 Å². The Labute approximate surface area is 128 Å². The van der Waals surface area contributed by atoms with E-state index in [1.54, 1.807) is 30.5 Å². The van der Waals surface area contributed by atoms with Gasteiger partial charge in [0.2, 0.25) is 5.88 Å². The fraction of sp³-hybridized carbons (Fsp3) is 0. The number of aromatic nitrogens is 2. The summed E-state index contributed by atoms with van der Waals surface area (Å²) in [5.74, 6) is -0.637. The molecule has 3 aromatic rings. The predicted molar refractivity (Wildman–Crippen MR) is 80.7 cm³/mol. The van der Waals surface area contributed by atoms with Crippen LogP contribution < -0.4 is 4.74 Å². The van der Waals surface area contributed by atoms with Crippen molar-refractivity contribution in [3.05, 3.63) is 58.8 Å². The molecule has 0 aliphatic heterocycles. The number of pyridine rings is 2. The molecule has 5 nitrogen and oxygen atoms in total. The van der Waals surface area contributed by atoms with Crippen LogP contribution in [0.1, 0.15) is 10.4 Å². The van der Waals surface area contributed by atoms with Gasteiger partial charge in [0.05, 0.1) is 11.7 Å². The lowest BCUT2D eigenvalue weighted by molar-refractivity contribution is 0.0693. The molecule has 0 saturated heterocycles. The molecule has 3 rings (SSSR count). The summed E-state index contributed by atoms with van der Waals surface area (Å²) in [6.45, 7) is 0. The quantitative estimate of drug-likeness (QED) is 0.780. The van der Waals surface area contributed by atoms with Gasteiger partial charge in [0, 0.05) is 16.1 Å². The molecule has 2 heterocycles. The van der Waals surface area contributed by atoms with Gasteiger partial charge in [-0.2, -0.15) is 0 Å². The molecule has 1 N–H and O–H groups in total. The number of ether oxygens (including phenoxy) is 1. The molecule has 104 valence electrons. The molecule has 0 amide bonds. The highest BCUT2D eigenvalue weighted by Crippen LogP contribution is 2.27. The summed E-state index contributed by atoms with van der Waals surface area (Å²) in [7, 11) is 0. The third-order valence-corrected chi connectivity index (χ3v) is 3.25. The molecule has 0 fully saturated rings. The molecule has 0 radical (unpaired) electrons. The predicted octanol–water partition coefficient (Wildman–Crippen LogP) is 3.88. The fourth-order valence-corrected chi connectivity index (χ4v) is 2.23. The maximum atomic E-state index is 11.4. The minimum atomic E-state index is -1.09. The zero-order valence-electron chi connectivity index (χ0n) is 10.7. The van der Waals surface area contributed by atoms with Gasteiger partial charge in [-0.15, -0.1) is 0 Å². The van der Waals surface area contributed by atoms with E-state index in [-0.39, 0.29) is 11.4 Å². The van der Waals surface area contributed by atoms with E-state index < -0.39 is 5.97 Å². The highest BCUT2D eigenvalue weighted by molar-refractivity contribution is 9.10. The number of para-hydroxylation sites is 1. The van der Waals surface area contributed by atoms with Crippen molar-refractivity contribution in [1.82, 2.24) is 9.97 Å². The molecule has 0 aliphatic carbocycles. The van der Waals surface area contributed by atoms with Gasteiger partial charge in [0.15, 0.2) is 0 Å². The highest BCUT2D eigenvalue weighted by Gasteiger charge is 2.15. The van der Waals surface area contributed by atoms with E-state index in [4.69, 9.17) is 4.74 Å². The number of fused-ring (bicyclic) bond motifs is 1. The summed E-state index contributed by atoms with van der Waals surface area (Å²) in [6, 6.07) is 10.5. The Balaban J connectivity index is 2.11. The molecular formula is C15H9BrN2O3. The van der Waals surface area contributed by atoms with E-state index in [0.29, 0.717) is 11.3 Å². The number of carboxylic acid groups (broad SMARTS) is 1. The number of nitrogens with zero attached hydrogens (tertiary/aromatic N) is 2. The Morgan fingerprint density at radius 2 is 2.00 bits per heavy atom. The number of carbonyl (C=O) groups is 1. The minimum Gasteiger partial charge on any atom is -0.477 e. The van der Waals surface area contributed by atoms with E-state index in [9.17, 15) is 9.90 Å². The van der Waals surface area contributed by atoms with Crippen LogP contribution in [0, 0.1) is 0 Å². The van der Waals surface area contributed by atoms with Crippen molar-refractivity contribution in [2.45, 2.75) is 0 Å². The van der Waals surface area contributed by atoms with Crippen LogP contribution in [-0.2, 0) is 0 Å². The summed E-state index contributed by atoms with van der Waals surface area (Å²) >= 11 is 3.28. The second-order valence-corrected chi connectivity index (χ2v) is 5.20. The van der Waals surface area contributed by atoms with Crippen LogP contribution in [-0.4, -0.2) is 21.0 Å². The molecular weight excluding hydrogens is 336 g/mol. The smallest absolute Gasteiger partial charge is 0.341 e. The van der Waals surface area contributed by atoms with Gasteiger partial charge in [-0.25, -0.2) is 9.78 Å². The fourth-order valence-electron chi connectivity index (χ4n) is 1.89. The van der Waals surface area contributed by atoms with Gasteiger partial charge < -0.3 is 9.84 Å². The van der Waals surface area contributed by atoms with E-state index in [0.717, 1.165) is 9.86 Å². The Morgan fingerprint density at radius 3 is 2.76 bits per heavy atom. The summed E-state index contributed by atoms with van der Waals surface area (Å²) in [5, 5.41) is 10.1. The first-order valence-electron chi connectivity index (χ1n) is 6.05. The first kappa shape index (κ1) is 13.5. The Kier molecular flexibility index (Phi) is 3.53. The molecule has 0 bridgehead atoms. The van der Waals surface area contributed by atoms with Crippen LogP contribution in [0.25, 0.3) is 10.9 Å². The SMILES string of the molecule is O=C(O)c1cc2ccccc2nc1Oc1cncc(Br)c1. The third-order valence-electron chi connectivity index (χ3n) is 2.81. The monoisotopic (exact) mass is 344 g/mol. The Bertz CT molecular complexity index is 836. The van der Waals surface area contributed by atoms with Crippen molar-refractivity contribution in [3.63, 3.8) is 0 Å². The molecule has 21 heavy (non-hydrogen) atoms. The second-order valence-electron chi connectivity index (χ2n) is 4.28. The molecule has 6 heteroatoms. The molecule has 0 saturated carbocycles. The molecule has 0 spiro atoms. The topological polar surface area (TPSA) is 72.3 Å². The average molecular weight is 345 g/mol. The van der Waals surface area contributed by atoms with Crippen molar-refractivity contribution in [1.29, 1.82) is 0 Å². The van der Waals surface area contributed by atoms with E-state index in [1.165, 1.54) is 6.20 Å². The molecule has 0 unspecified atom stereocenters. The summed E-state index contributed by atoms with van der Waals surface area (Å²) in [4.78, 5) is 19.6. The first-order chi connectivity index (χ1) is 10.1. The lowest BCUT2D eigenvalue weighted by atomic mass is 10.1. The zero-order valence-corrected chi connectivity index (χ0v) is 12.2. The van der Waals surface area contributed by atoms with E-state index in [2.05, 4.69) is 25.9 Å². The van der Waals surface area contributed by atoms with Crippen molar-refractivity contribution < 1.29 is 14.6 Å². The molecule has 1 aromatic carbocycles. The minimum absolute atomic E-state index is 0.00803. The Morgan fingerprint density at radius 1 is 1.19 bits per heavy atom. The van der Waals surface area contributed by atoms with Crippen LogP contribution in [0.3, 0.4) is 0 Å². The number of halogens is 1. The van der Waals surface area contributed by atoms with Crippen LogP contribution in [0.5, 0.6) is 11.6 Å². The molecule has 2 aromatic heterocycles. The maximum Gasteiger partial charge on any atom is 0.341 e. The summed E-state index contributed by atoms with van der Waals surface area (Å²) in [5.41, 5.74) is 0.675. The number of rotatable bonds is 3. The van der Waals surface area contributed by atoms with Crippen molar-refractivity contribution in [2.75, 3.05) is 0 Å². The zero-order chi connectivity index (χ0) is 14.8. The van der Waals surface area contributed by atoms with E-state index >= 15 is 0 Å². The number of hydrogen-bond acceptors (Lipinski definition) is 4. The van der Waals surface area contributed by atoms with Crippen LogP contribution in [0.2, 0.25) is 0 Å². The van der Waals surface area contributed by atoms with Crippen LogP contribution >= 0.6 is 15.9 Å². The number of carboxylic acids is 1. The summed E-state index contributed by atoms with van der Waals surface area (Å²) < 4.78 is 6.31. The van der Waals surface area contributed by atoms with E-state index in [1.807, 2.05) is 12.1 Å². The van der Waals surface area contributed by atoms with Crippen molar-refractivity contribution in [2.24, 2.45) is 0 Å². The first-order valence-corrected chi connectivity index (χ1v) is 6.84. The number of aromatic carboxylic acids is 1.